The number of nitrogens with zero attached hydrogens (tertiary/aromatic N) is 2. The molecule has 0 fully saturated rings. The molecule has 0 bridgehead atoms. The molecule has 0 unspecified atom stereocenters. The molecule has 0 atom stereocenters. The van der Waals surface area contributed by atoms with Crippen LogP contribution in [-0.2, 0) is 4.79 Å². The first kappa shape index (κ1) is 16.0. The van der Waals surface area contributed by atoms with Gasteiger partial charge in [0.05, 0.1) is 5.69 Å². The lowest BCUT2D eigenvalue weighted by molar-refractivity contribution is -0.121. The third kappa shape index (κ3) is 3.37. The Kier molecular flexibility index (Phi) is 4.46. The second kappa shape index (κ2) is 6.70. The van der Waals surface area contributed by atoms with Crippen LogP contribution >= 0.6 is 0 Å². The number of anilines is 2. The summed E-state index contributed by atoms with van der Waals surface area (Å²) >= 11 is 0. The van der Waals surface area contributed by atoms with E-state index in [2.05, 4.69) is 24.1 Å². The van der Waals surface area contributed by atoms with Crippen LogP contribution in [0.25, 0.3) is 0 Å². The minimum absolute atomic E-state index is 0.0154. The summed E-state index contributed by atoms with van der Waals surface area (Å²) in [4.78, 5) is 29.9. The first-order chi connectivity index (χ1) is 11.5. The van der Waals surface area contributed by atoms with Crippen LogP contribution < -0.4 is 15.0 Å². The molecule has 6 heteroatoms. The lowest BCUT2D eigenvalue weighted by atomic mass is 10.1. The molecule has 0 radical (unpaired) electrons. The highest BCUT2D eigenvalue weighted by atomic mass is 16.5. The van der Waals surface area contributed by atoms with Crippen molar-refractivity contribution < 1.29 is 14.3 Å². The molecule has 1 aromatic heterocycles. The molecule has 0 saturated heterocycles. The molecule has 2 amide bonds. The highest BCUT2D eigenvalue weighted by Crippen LogP contribution is 2.35. The molecule has 24 heavy (non-hydrogen) atoms. The Hall–Kier alpha value is -2.89. The largest absolute Gasteiger partial charge is 0.481 e. The van der Waals surface area contributed by atoms with Gasteiger partial charge in [0.15, 0.2) is 6.61 Å². The molecule has 6 nitrogen and oxygen atoms in total. The summed E-state index contributed by atoms with van der Waals surface area (Å²) in [5, 5.41) is 2.82. The fourth-order valence-electron chi connectivity index (χ4n) is 2.55. The van der Waals surface area contributed by atoms with Crippen molar-refractivity contribution in [2.45, 2.75) is 13.8 Å². The number of carbonyl (C=O) groups is 2. The molecule has 2 aromatic rings. The van der Waals surface area contributed by atoms with Crippen LogP contribution in [-0.4, -0.2) is 29.9 Å². The minimum Gasteiger partial charge on any atom is -0.481 e. The number of rotatable bonds is 4. The molecule has 124 valence electrons. The molecular weight excluding hydrogens is 306 g/mol. The lowest BCUT2D eigenvalue weighted by Crippen LogP contribution is -2.40. The van der Waals surface area contributed by atoms with E-state index in [4.69, 9.17) is 4.74 Å². The van der Waals surface area contributed by atoms with Crippen molar-refractivity contribution in [3.8, 4) is 5.75 Å². The molecule has 0 spiro atoms. The fraction of sp³-hybridized carbons (Fsp3) is 0.278. The van der Waals surface area contributed by atoms with Crippen LogP contribution in [0.15, 0.2) is 42.7 Å². The van der Waals surface area contributed by atoms with E-state index in [1.165, 1.54) is 0 Å². The number of carbonyl (C=O) groups excluding carboxylic acids is 2. The number of hydrogen-bond donors (Lipinski definition) is 1. The van der Waals surface area contributed by atoms with Crippen molar-refractivity contribution in [2.24, 2.45) is 5.92 Å². The smallest absolute Gasteiger partial charge is 0.265 e. The Balaban J connectivity index is 1.81. The normalized spacial score (nSPS) is 13.5. The topological polar surface area (TPSA) is 71.5 Å². The maximum absolute atomic E-state index is 12.2. The van der Waals surface area contributed by atoms with E-state index < -0.39 is 0 Å². The zero-order valence-electron chi connectivity index (χ0n) is 13.7. The summed E-state index contributed by atoms with van der Waals surface area (Å²) in [5.74, 6) is 0.682. The standard InChI is InChI=1S/C18H19N3O3/c1-12(2)10-21-15-4-3-14(9-16(15)24-11-17(21)22)20-18(23)13-5-7-19-8-6-13/h3-9,12H,10-11H2,1-2H3,(H,20,23). The summed E-state index contributed by atoms with van der Waals surface area (Å²) in [5.41, 5.74) is 1.89. The van der Waals surface area contributed by atoms with Crippen LogP contribution in [0, 0.1) is 5.92 Å². The summed E-state index contributed by atoms with van der Waals surface area (Å²) in [7, 11) is 0. The average Bonchev–Trinajstić information content (AvgIpc) is 2.58. The number of fused-ring (bicyclic) bond motifs is 1. The molecule has 1 aliphatic heterocycles. The third-order valence-electron chi connectivity index (χ3n) is 3.65. The number of benzene rings is 1. The number of amides is 2. The minimum atomic E-state index is -0.219. The van der Waals surface area contributed by atoms with Crippen molar-refractivity contribution in [3.05, 3.63) is 48.3 Å². The van der Waals surface area contributed by atoms with E-state index in [-0.39, 0.29) is 18.4 Å². The Bertz CT molecular complexity index is 759. The van der Waals surface area contributed by atoms with Crippen LogP contribution in [0.2, 0.25) is 0 Å². The van der Waals surface area contributed by atoms with Gasteiger partial charge >= 0.3 is 0 Å². The van der Waals surface area contributed by atoms with Gasteiger partial charge in [-0.3, -0.25) is 14.6 Å². The Morgan fingerprint density at radius 3 is 2.75 bits per heavy atom. The number of hydrogen-bond acceptors (Lipinski definition) is 4. The molecule has 1 aromatic carbocycles. The quantitative estimate of drug-likeness (QED) is 0.938. The maximum atomic E-state index is 12.2. The van der Waals surface area contributed by atoms with Crippen molar-refractivity contribution in [3.63, 3.8) is 0 Å². The SMILES string of the molecule is CC(C)CN1C(=O)COc2cc(NC(=O)c3ccncc3)ccc21. The number of pyridine rings is 1. The fourth-order valence-corrected chi connectivity index (χ4v) is 2.55. The van der Waals surface area contributed by atoms with Gasteiger partial charge in [-0.1, -0.05) is 13.8 Å². The van der Waals surface area contributed by atoms with E-state index in [1.54, 1.807) is 47.6 Å². The highest BCUT2D eigenvalue weighted by molar-refractivity contribution is 6.05. The van der Waals surface area contributed by atoms with Gasteiger partial charge in [-0.05, 0) is 30.2 Å². The summed E-state index contributed by atoms with van der Waals surface area (Å²) in [6.45, 7) is 4.77. The van der Waals surface area contributed by atoms with Gasteiger partial charge in [-0.25, -0.2) is 0 Å². The summed E-state index contributed by atoms with van der Waals surface area (Å²) in [6, 6.07) is 8.61. The predicted molar refractivity (Wildman–Crippen MR) is 91.3 cm³/mol. The van der Waals surface area contributed by atoms with Gasteiger partial charge in [-0.15, -0.1) is 0 Å². The molecule has 0 aliphatic carbocycles. The third-order valence-corrected chi connectivity index (χ3v) is 3.65. The van der Waals surface area contributed by atoms with Crippen LogP contribution in [0.3, 0.4) is 0 Å². The Morgan fingerprint density at radius 2 is 2.04 bits per heavy atom. The number of aromatic nitrogens is 1. The maximum Gasteiger partial charge on any atom is 0.265 e. The lowest BCUT2D eigenvalue weighted by Gasteiger charge is -2.31. The van der Waals surface area contributed by atoms with E-state index in [0.717, 1.165) is 5.69 Å². The molecule has 0 saturated carbocycles. The molecule has 2 heterocycles. The van der Waals surface area contributed by atoms with Crippen molar-refractivity contribution in [1.29, 1.82) is 0 Å². The average molecular weight is 325 g/mol. The van der Waals surface area contributed by atoms with E-state index in [9.17, 15) is 9.59 Å². The van der Waals surface area contributed by atoms with E-state index in [0.29, 0.717) is 29.5 Å². The Labute approximate surface area is 140 Å². The second-order valence-corrected chi connectivity index (χ2v) is 6.06. The van der Waals surface area contributed by atoms with Crippen LogP contribution in [0.5, 0.6) is 5.75 Å². The zero-order valence-corrected chi connectivity index (χ0v) is 13.7. The summed E-state index contributed by atoms with van der Waals surface area (Å²) in [6.07, 6.45) is 3.14. The zero-order chi connectivity index (χ0) is 17.1. The van der Waals surface area contributed by atoms with Gasteiger partial charge in [0.1, 0.15) is 5.75 Å². The first-order valence-corrected chi connectivity index (χ1v) is 7.83. The number of ether oxygens (including phenoxy) is 1. The van der Waals surface area contributed by atoms with Gasteiger partial charge in [0, 0.05) is 36.3 Å². The second-order valence-electron chi connectivity index (χ2n) is 6.06. The molecular formula is C18H19N3O3. The van der Waals surface area contributed by atoms with Crippen molar-refractivity contribution >= 4 is 23.2 Å². The van der Waals surface area contributed by atoms with E-state index in [1.807, 2.05) is 0 Å². The van der Waals surface area contributed by atoms with Crippen LogP contribution in [0.4, 0.5) is 11.4 Å². The molecule has 1 aliphatic rings. The molecule has 1 N–H and O–H groups in total. The van der Waals surface area contributed by atoms with E-state index >= 15 is 0 Å². The van der Waals surface area contributed by atoms with Gasteiger partial charge in [-0.2, -0.15) is 0 Å². The van der Waals surface area contributed by atoms with Crippen LogP contribution in [0.1, 0.15) is 24.2 Å². The van der Waals surface area contributed by atoms with Crippen molar-refractivity contribution in [1.82, 2.24) is 4.98 Å². The van der Waals surface area contributed by atoms with Gasteiger partial charge < -0.3 is 15.0 Å². The Morgan fingerprint density at radius 1 is 1.29 bits per heavy atom. The number of nitrogens with one attached hydrogen (secondary N) is 1. The molecule has 3 rings (SSSR count). The summed E-state index contributed by atoms with van der Waals surface area (Å²) < 4.78 is 5.52. The van der Waals surface area contributed by atoms with Gasteiger partial charge in [0.25, 0.3) is 11.8 Å². The highest BCUT2D eigenvalue weighted by Gasteiger charge is 2.26. The predicted octanol–water partition coefficient (Wildman–Crippen LogP) is 2.72. The monoisotopic (exact) mass is 325 g/mol. The van der Waals surface area contributed by atoms with Gasteiger partial charge in [0.2, 0.25) is 0 Å². The first-order valence-electron chi connectivity index (χ1n) is 7.83. The van der Waals surface area contributed by atoms with Crippen molar-refractivity contribution in [2.75, 3.05) is 23.4 Å².